The minimum atomic E-state index is -0.497. The van der Waals surface area contributed by atoms with Crippen molar-refractivity contribution in [2.45, 2.75) is 33.2 Å². The Kier molecular flexibility index (Phi) is 4.88. The van der Waals surface area contributed by atoms with Gasteiger partial charge in [-0.05, 0) is 19.3 Å². The van der Waals surface area contributed by atoms with Crippen LogP contribution in [0.2, 0.25) is 0 Å². The number of H-pyrrole nitrogens is 1. The lowest BCUT2D eigenvalue weighted by Gasteiger charge is -2.18. The van der Waals surface area contributed by atoms with Crippen LogP contribution in [0.5, 0.6) is 0 Å². The third kappa shape index (κ3) is 4.20. The highest BCUT2D eigenvalue weighted by Crippen LogP contribution is 2.11. The molecule has 6 nitrogen and oxygen atoms in total. The fourth-order valence-electron chi connectivity index (χ4n) is 1.66. The fraction of sp³-hybridized carbons (Fsp3) is 0.583. The van der Waals surface area contributed by atoms with Gasteiger partial charge in [0.25, 0.3) is 5.56 Å². The SMILES string of the molecule is COC(=O)C(CC(C)C)Nc1cc(=O)[nH]c(C)n1. The van der Waals surface area contributed by atoms with Gasteiger partial charge in [0.2, 0.25) is 0 Å². The van der Waals surface area contributed by atoms with E-state index in [0.29, 0.717) is 24.0 Å². The molecule has 1 aromatic rings. The molecule has 0 saturated carbocycles. The normalized spacial score (nSPS) is 12.3. The average Bonchev–Trinajstić information content (AvgIpc) is 2.25. The van der Waals surface area contributed by atoms with E-state index in [2.05, 4.69) is 15.3 Å². The Morgan fingerprint density at radius 1 is 1.56 bits per heavy atom. The molecular formula is C12H19N3O3. The number of carbonyl (C=O) groups is 1. The molecule has 18 heavy (non-hydrogen) atoms. The summed E-state index contributed by atoms with van der Waals surface area (Å²) in [5, 5.41) is 2.94. The van der Waals surface area contributed by atoms with E-state index in [0.717, 1.165) is 0 Å². The number of hydrogen-bond acceptors (Lipinski definition) is 5. The van der Waals surface area contributed by atoms with Crippen LogP contribution in [0.3, 0.4) is 0 Å². The fourth-order valence-corrected chi connectivity index (χ4v) is 1.66. The Hall–Kier alpha value is -1.85. The van der Waals surface area contributed by atoms with Crippen LogP contribution in [-0.2, 0) is 9.53 Å². The summed E-state index contributed by atoms with van der Waals surface area (Å²) in [7, 11) is 1.34. The Labute approximate surface area is 106 Å². The summed E-state index contributed by atoms with van der Waals surface area (Å²) in [6, 6.07) is 0.826. The lowest BCUT2D eigenvalue weighted by molar-refractivity contribution is -0.141. The number of rotatable bonds is 5. The number of carbonyl (C=O) groups excluding carboxylic acids is 1. The number of nitrogens with one attached hydrogen (secondary N) is 2. The van der Waals surface area contributed by atoms with Gasteiger partial charge >= 0.3 is 5.97 Å². The molecule has 0 aliphatic carbocycles. The molecule has 0 aliphatic heterocycles. The van der Waals surface area contributed by atoms with Crippen molar-refractivity contribution in [3.63, 3.8) is 0 Å². The number of hydrogen-bond donors (Lipinski definition) is 2. The maximum absolute atomic E-state index is 11.6. The van der Waals surface area contributed by atoms with Crippen LogP contribution < -0.4 is 10.9 Å². The van der Waals surface area contributed by atoms with Gasteiger partial charge in [0, 0.05) is 6.07 Å². The van der Waals surface area contributed by atoms with E-state index in [-0.39, 0.29) is 11.5 Å². The number of esters is 1. The standard InChI is InChI=1S/C12H19N3O3/c1-7(2)5-9(12(17)18-4)15-10-6-11(16)14-8(3)13-10/h6-7,9H,5H2,1-4H3,(H2,13,14,15,16). The van der Waals surface area contributed by atoms with Gasteiger partial charge in [-0.3, -0.25) is 4.79 Å². The van der Waals surface area contributed by atoms with Crippen molar-refractivity contribution in [2.24, 2.45) is 5.92 Å². The summed E-state index contributed by atoms with van der Waals surface area (Å²) in [5.74, 6) is 0.846. The second-order valence-corrected chi connectivity index (χ2v) is 4.57. The van der Waals surface area contributed by atoms with Gasteiger partial charge < -0.3 is 15.0 Å². The van der Waals surface area contributed by atoms with Gasteiger partial charge in [-0.15, -0.1) is 0 Å². The highest BCUT2D eigenvalue weighted by Gasteiger charge is 2.20. The number of aromatic nitrogens is 2. The summed E-state index contributed by atoms with van der Waals surface area (Å²) < 4.78 is 4.73. The number of nitrogens with zero attached hydrogens (tertiary/aromatic N) is 1. The third-order valence-corrected chi connectivity index (χ3v) is 2.37. The van der Waals surface area contributed by atoms with Crippen LogP contribution in [0.25, 0.3) is 0 Å². The average molecular weight is 253 g/mol. The van der Waals surface area contributed by atoms with Crippen molar-refractivity contribution in [3.8, 4) is 0 Å². The maximum Gasteiger partial charge on any atom is 0.328 e. The summed E-state index contributed by atoms with van der Waals surface area (Å²) in [6.07, 6.45) is 0.611. The molecule has 0 aromatic carbocycles. The lowest BCUT2D eigenvalue weighted by Crippen LogP contribution is -2.33. The quantitative estimate of drug-likeness (QED) is 0.767. The number of methoxy groups -OCH3 is 1. The molecule has 6 heteroatoms. The van der Waals surface area contributed by atoms with E-state index in [4.69, 9.17) is 4.74 Å². The van der Waals surface area contributed by atoms with Crippen LogP contribution in [0.1, 0.15) is 26.1 Å². The lowest BCUT2D eigenvalue weighted by atomic mass is 10.0. The predicted octanol–water partition coefficient (Wildman–Crippen LogP) is 1.08. The molecule has 1 aromatic heterocycles. The summed E-state index contributed by atoms with van der Waals surface area (Å²) in [4.78, 5) is 29.6. The zero-order valence-corrected chi connectivity index (χ0v) is 11.1. The molecule has 100 valence electrons. The predicted molar refractivity (Wildman–Crippen MR) is 68.5 cm³/mol. The van der Waals surface area contributed by atoms with Crippen molar-refractivity contribution in [1.29, 1.82) is 0 Å². The number of aryl methyl sites for hydroxylation is 1. The highest BCUT2D eigenvalue weighted by molar-refractivity contribution is 5.78. The first-order chi connectivity index (χ1) is 8.42. The van der Waals surface area contributed by atoms with Gasteiger partial charge in [0.05, 0.1) is 7.11 Å². The first kappa shape index (κ1) is 14.2. The van der Waals surface area contributed by atoms with Crippen LogP contribution in [-0.4, -0.2) is 29.1 Å². The van der Waals surface area contributed by atoms with E-state index in [1.807, 2.05) is 13.8 Å². The van der Waals surface area contributed by atoms with Crippen molar-refractivity contribution in [3.05, 3.63) is 22.2 Å². The minimum absolute atomic E-state index is 0.252. The topological polar surface area (TPSA) is 84.1 Å². The minimum Gasteiger partial charge on any atom is -0.467 e. The molecule has 1 heterocycles. The molecule has 0 fully saturated rings. The van der Waals surface area contributed by atoms with Gasteiger partial charge in [-0.1, -0.05) is 13.8 Å². The maximum atomic E-state index is 11.6. The molecule has 1 atom stereocenters. The summed E-state index contributed by atoms with van der Waals surface area (Å²) >= 11 is 0. The highest BCUT2D eigenvalue weighted by atomic mass is 16.5. The van der Waals surface area contributed by atoms with Crippen molar-refractivity contribution < 1.29 is 9.53 Å². The van der Waals surface area contributed by atoms with Gasteiger partial charge in [0.15, 0.2) is 0 Å². The first-order valence-corrected chi connectivity index (χ1v) is 5.84. The molecule has 1 unspecified atom stereocenters. The van der Waals surface area contributed by atoms with Crippen molar-refractivity contribution in [2.75, 3.05) is 12.4 Å². The van der Waals surface area contributed by atoms with Gasteiger partial charge in [-0.25, -0.2) is 9.78 Å². The molecule has 0 spiro atoms. The van der Waals surface area contributed by atoms with E-state index in [1.165, 1.54) is 13.2 Å². The van der Waals surface area contributed by atoms with E-state index in [9.17, 15) is 9.59 Å². The van der Waals surface area contributed by atoms with Gasteiger partial charge in [0.1, 0.15) is 17.7 Å². The Morgan fingerprint density at radius 2 is 2.22 bits per heavy atom. The second kappa shape index (κ2) is 6.18. The van der Waals surface area contributed by atoms with Crippen molar-refractivity contribution >= 4 is 11.8 Å². The Morgan fingerprint density at radius 3 is 2.72 bits per heavy atom. The summed E-state index contributed by atoms with van der Waals surface area (Å²) in [5.41, 5.74) is -0.252. The number of aromatic amines is 1. The number of anilines is 1. The van der Waals surface area contributed by atoms with Crippen molar-refractivity contribution in [1.82, 2.24) is 9.97 Å². The smallest absolute Gasteiger partial charge is 0.328 e. The molecule has 0 saturated heterocycles. The zero-order valence-electron chi connectivity index (χ0n) is 11.1. The Balaban J connectivity index is 2.88. The second-order valence-electron chi connectivity index (χ2n) is 4.57. The monoisotopic (exact) mass is 253 g/mol. The molecule has 0 amide bonds. The third-order valence-electron chi connectivity index (χ3n) is 2.37. The zero-order chi connectivity index (χ0) is 13.7. The van der Waals surface area contributed by atoms with Gasteiger partial charge in [-0.2, -0.15) is 0 Å². The molecule has 0 bridgehead atoms. The molecule has 0 radical (unpaired) electrons. The molecule has 1 rings (SSSR count). The summed E-state index contributed by atoms with van der Waals surface area (Å²) in [6.45, 7) is 5.70. The largest absolute Gasteiger partial charge is 0.467 e. The van der Waals surface area contributed by atoms with E-state index in [1.54, 1.807) is 6.92 Å². The van der Waals surface area contributed by atoms with Crippen LogP contribution in [0, 0.1) is 12.8 Å². The van der Waals surface area contributed by atoms with Crippen LogP contribution in [0.4, 0.5) is 5.82 Å². The van der Waals surface area contributed by atoms with E-state index >= 15 is 0 Å². The molecule has 2 N–H and O–H groups in total. The first-order valence-electron chi connectivity index (χ1n) is 5.84. The van der Waals surface area contributed by atoms with Crippen LogP contribution in [0.15, 0.2) is 10.9 Å². The van der Waals surface area contributed by atoms with Crippen LogP contribution >= 0.6 is 0 Å². The molecular weight excluding hydrogens is 234 g/mol. The Bertz CT molecular complexity index is 468. The number of ether oxygens (including phenoxy) is 1. The molecule has 0 aliphatic rings. The van der Waals surface area contributed by atoms with E-state index < -0.39 is 6.04 Å².